The Morgan fingerprint density at radius 1 is 1.15 bits per heavy atom. The fourth-order valence-corrected chi connectivity index (χ4v) is 4.51. The number of esters is 1. The minimum Gasteiger partial charge on any atom is -0.494 e. The molecule has 0 bridgehead atoms. The van der Waals surface area contributed by atoms with E-state index in [1.165, 1.54) is 24.5 Å². The highest BCUT2D eigenvalue weighted by molar-refractivity contribution is 7.17. The molecule has 3 aromatic rings. The topological polar surface area (TPSA) is 64.6 Å². The first-order chi connectivity index (χ1) is 15.9. The molecule has 0 saturated carbocycles. The van der Waals surface area contributed by atoms with Crippen LogP contribution in [0.15, 0.2) is 54.6 Å². The Morgan fingerprint density at radius 3 is 2.58 bits per heavy atom. The van der Waals surface area contributed by atoms with Gasteiger partial charge in [-0.05, 0) is 54.8 Å². The van der Waals surface area contributed by atoms with Crippen molar-refractivity contribution < 1.29 is 19.1 Å². The van der Waals surface area contributed by atoms with Gasteiger partial charge in [-0.1, -0.05) is 49.2 Å². The van der Waals surface area contributed by atoms with Crippen LogP contribution < -0.4 is 10.1 Å². The second-order valence-corrected chi connectivity index (χ2v) is 8.99. The summed E-state index contributed by atoms with van der Waals surface area (Å²) in [6, 6.07) is 14.8. The van der Waals surface area contributed by atoms with Gasteiger partial charge in [0.15, 0.2) is 0 Å². The van der Waals surface area contributed by atoms with Crippen LogP contribution in [-0.2, 0) is 9.53 Å². The summed E-state index contributed by atoms with van der Waals surface area (Å²) >= 11 is 7.47. The molecule has 1 amide bonds. The molecule has 5 nitrogen and oxygen atoms in total. The number of ether oxygens (including phenoxy) is 2. The van der Waals surface area contributed by atoms with Crippen LogP contribution in [0, 0.1) is 6.92 Å². The quantitative estimate of drug-likeness (QED) is 0.202. The van der Waals surface area contributed by atoms with Crippen molar-refractivity contribution in [3.05, 3.63) is 75.6 Å². The molecule has 0 radical (unpaired) electrons. The van der Waals surface area contributed by atoms with Gasteiger partial charge < -0.3 is 14.8 Å². The number of nitrogens with one attached hydrogen (secondary N) is 1. The van der Waals surface area contributed by atoms with E-state index in [2.05, 4.69) is 12.2 Å². The van der Waals surface area contributed by atoms with E-state index in [0.29, 0.717) is 27.8 Å². The van der Waals surface area contributed by atoms with Crippen LogP contribution in [0.4, 0.5) is 5.00 Å². The van der Waals surface area contributed by atoms with Crippen LogP contribution in [0.25, 0.3) is 17.2 Å². The van der Waals surface area contributed by atoms with Crippen molar-refractivity contribution in [2.75, 3.05) is 19.0 Å². The highest BCUT2D eigenvalue weighted by Gasteiger charge is 2.24. The lowest BCUT2D eigenvalue weighted by atomic mass is 10.0. The van der Waals surface area contributed by atoms with Crippen molar-refractivity contribution >= 4 is 45.9 Å². The fourth-order valence-electron chi connectivity index (χ4n) is 3.26. The molecule has 7 heteroatoms. The van der Waals surface area contributed by atoms with Crippen LogP contribution >= 0.6 is 22.9 Å². The highest BCUT2D eigenvalue weighted by Crippen LogP contribution is 2.41. The number of thiophene rings is 1. The molecule has 1 aromatic heterocycles. The normalized spacial score (nSPS) is 10.9. The average molecular weight is 484 g/mol. The van der Waals surface area contributed by atoms with Gasteiger partial charge in [0, 0.05) is 21.5 Å². The molecule has 0 unspecified atom stereocenters. The molecule has 0 aliphatic heterocycles. The molecule has 1 N–H and O–H groups in total. The SMILES string of the molecule is CCCCOc1ccc(/C=C/C(=O)Nc2sc(C)c(-c3cccc(Cl)c3)c2C(=O)OC)cc1. The number of rotatable bonds is 9. The highest BCUT2D eigenvalue weighted by atomic mass is 35.5. The van der Waals surface area contributed by atoms with Gasteiger partial charge in [0.25, 0.3) is 0 Å². The van der Waals surface area contributed by atoms with E-state index in [0.717, 1.165) is 34.6 Å². The van der Waals surface area contributed by atoms with Crippen molar-refractivity contribution in [1.82, 2.24) is 0 Å². The fraction of sp³-hybridized carbons (Fsp3) is 0.231. The van der Waals surface area contributed by atoms with Gasteiger partial charge in [-0.3, -0.25) is 4.79 Å². The first-order valence-electron chi connectivity index (χ1n) is 10.6. The number of amides is 1. The number of anilines is 1. The summed E-state index contributed by atoms with van der Waals surface area (Å²) in [4.78, 5) is 26.1. The van der Waals surface area contributed by atoms with Crippen LogP contribution in [0.2, 0.25) is 5.02 Å². The second-order valence-electron chi connectivity index (χ2n) is 7.33. The number of carbonyl (C=O) groups is 2. The van der Waals surface area contributed by atoms with E-state index in [1.807, 2.05) is 43.3 Å². The van der Waals surface area contributed by atoms with Crippen molar-refractivity contribution in [2.45, 2.75) is 26.7 Å². The van der Waals surface area contributed by atoms with Crippen molar-refractivity contribution in [3.8, 4) is 16.9 Å². The molecule has 0 aliphatic carbocycles. The number of halogens is 1. The van der Waals surface area contributed by atoms with Gasteiger partial charge in [0.2, 0.25) is 5.91 Å². The summed E-state index contributed by atoms with van der Waals surface area (Å²) in [5.74, 6) is -0.0648. The van der Waals surface area contributed by atoms with Gasteiger partial charge in [-0.15, -0.1) is 11.3 Å². The van der Waals surface area contributed by atoms with Crippen LogP contribution in [0.5, 0.6) is 5.75 Å². The van der Waals surface area contributed by atoms with Gasteiger partial charge in [-0.2, -0.15) is 0 Å². The molecule has 3 rings (SSSR count). The summed E-state index contributed by atoms with van der Waals surface area (Å²) in [5, 5.41) is 3.81. The largest absolute Gasteiger partial charge is 0.494 e. The van der Waals surface area contributed by atoms with Crippen LogP contribution in [0.3, 0.4) is 0 Å². The Bertz CT molecular complexity index is 1150. The van der Waals surface area contributed by atoms with E-state index >= 15 is 0 Å². The Kier molecular flexibility index (Phi) is 8.69. The second kappa shape index (κ2) is 11.7. The zero-order valence-electron chi connectivity index (χ0n) is 18.8. The van der Waals surface area contributed by atoms with Gasteiger partial charge in [-0.25, -0.2) is 4.79 Å². The monoisotopic (exact) mass is 483 g/mol. The molecular formula is C26H26ClNO4S. The summed E-state index contributed by atoms with van der Waals surface area (Å²) in [6.07, 6.45) is 5.23. The Hall–Kier alpha value is -3.09. The number of hydrogen-bond donors (Lipinski definition) is 1. The van der Waals surface area contributed by atoms with E-state index in [1.54, 1.807) is 18.2 Å². The summed E-state index contributed by atoms with van der Waals surface area (Å²) in [7, 11) is 1.32. The third kappa shape index (κ3) is 6.46. The molecule has 0 atom stereocenters. The molecule has 2 aromatic carbocycles. The summed E-state index contributed by atoms with van der Waals surface area (Å²) < 4.78 is 10.6. The summed E-state index contributed by atoms with van der Waals surface area (Å²) in [6.45, 7) is 4.70. The minimum atomic E-state index is -0.521. The number of unbranched alkanes of at least 4 members (excludes halogenated alkanes) is 1. The van der Waals surface area contributed by atoms with Crippen LogP contribution in [0.1, 0.15) is 40.6 Å². The number of hydrogen-bond acceptors (Lipinski definition) is 5. The zero-order chi connectivity index (χ0) is 23.8. The molecule has 0 aliphatic rings. The molecule has 0 saturated heterocycles. The minimum absolute atomic E-state index is 0.317. The molecular weight excluding hydrogens is 458 g/mol. The molecule has 0 fully saturated rings. The van der Waals surface area contributed by atoms with Gasteiger partial charge >= 0.3 is 5.97 Å². The van der Waals surface area contributed by atoms with Crippen molar-refractivity contribution in [1.29, 1.82) is 0 Å². The summed E-state index contributed by atoms with van der Waals surface area (Å²) in [5.41, 5.74) is 2.67. The molecule has 172 valence electrons. The number of methoxy groups -OCH3 is 1. The maximum atomic E-state index is 12.6. The smallest absolute Gasteiger partial charge is 0.341 e. The van der Waals surface area contributed by atoms with Crippen molar-refractivity contribution in [2.24, 2.45) is 0 Å². The Balaban J connectivity index is 1.78. The van der Waals surface area contributed by atoms with E-state index < -0.39 is 5.97 Å². The third-order valence-electron chi connectivity index (χ3n) is 4.90. The maximum Gasteiger partial charge on any atom is 0.341 e. The number of aryl methyl sites for hydroxylation is 1. The van der Waals surface area contributed by atoms with E-state index in [4.69, 9.17) is 21.1 Å². The molecule has 0 spiro atoms. The standard InChI is InChI=1S/C26H26ClNO4S/c1-4-5-15-32-21-12-9-18(10-13-21)11-14-22(29)28-25-24(26(30)31-3)23(17(2)33-25)19-7-6-8-20(27)16-19/h6-14,16H,4-5,15H2,1-3H3,(H,28,29)/b14-11+. The average Bonchev–Trinajstić information content (AvgIpc) is 3.13. The van der Waals surface area contributed by atoms with Crippen molar-refractivity contribution in [3.63, 3.8) is 0 Å². The maximum absolute atomic E-state index is 12.6. The van der Waals surface area contributed by atoms with E-state index in [9.17, 15) is 9.59 Å². The lowest BCUT2D eigenvalue weighted by Gasteiger charge is -2.08. The molecule has 1 heterocycles. The Morgan fingerprint density at radius 2 is 1.91 bits per heavy atom. The lowest BCUT2D eigenvalue weighted by molar-refractivity contribution is -0.111. The molecule has 33 heavy (non-hydrogen) atoms. The predicted octanol–water partition coefficient (Wildman–Crippen LogP) is 6.99. The van der Waals surface area contributed by atoms with Gasteiger partial charge in [0.1, 0.15) is 16.3 Å². The number of carbonyl (C=O) groups excluding carboxylic acids is 2. The number of benzene rings is 2. The van der Waals surface area contributed by atoms with Crippen LogP contribution in [-0.4, -0.2) is 25.6 Å². The zero-order valence-corrected chi connectivity index (χ0v) is 20.4. The lowest BCUT2D eigenvalue weighted by Crippen LogP contribution is -2.11. The third-order valence-corrected chi connectivity index (χ3v) is 6.15. The van der Waals surface area contributed by atoms with E-state index in [-0.39, 0.29) is 5.91 Å². The first kappa shape index (κ1) is 24.6. The van der Waals surface area contributed by atoms with Gasteiger partial charge in [0.05, 0.1) is 13.7 Å². The Labute approximate surface area is 203 Å². The first-order valence-corrected chi connectivity index (χ1v) is 11.8. The predicted molar refractivity (Wildman–Crippen MR) is 135 cm³/mol.